The van der Waals surface area contributed by atoms with E-state index in [2.05, 4.69) is 0 Å². The minimum absolute atomic E-state index is 0.198. The maximum Gasteiger partial charge on any atom is 0.415 e. The van der Waals surface area contributed by atoms with Gasteiger partial charge in [-0.1, -0.05) is 12.1 Å². The maximum absolute atomic E-state index is 12.4. The summed E-state index contributed by atoms with van der Waals surface area (Å²) in [6.45, 7) is 5.65. The molecule has 102 valence electrons. The quantitative estimate of drug-likeness (QED) is 0.719. The van der Waals surface area contributed by atoms with Gasteiger partial charge in [0.1, 0.15) is 17.5 Å². The minimum Gasteiger partial charge on any atom is -0.488 e. The van der Waals surface area contributed by atoms with Crippen molar-refractivity contribution in [2.75, 3.05) is 4.90 Å². The Kier molecular flexibility index (Phi) is 2.69. The molecule has 4 nitrogen and oxygen atoms in total. The first-order valence-electron chi connectivity index (χ1n) is 6.72. The fourth-order valence-corrected chi connectivity index (χ4v) is 2.54. The van der Waals surface area contributed by atoms with Gasteiger partial charge in [0.2, 0.25) is 0 Å². The highest BCUT2D eigenvalue weighted by Gasteiger charge is 2.43. The van der Waals surface area contributed by atoms with Gasteiger partial charge in [0.25, 0.3) is 0 Å². The van der Waals surface area contributed by atoms with E-state index in [0.717, 1.165) is 24.3 Å². The second-order valence-electron chi connectivity index (χ2n) is 6.18. The molecule has 0 saturated heterocycles. The lowest BCUT2D eigenvalue weighted by Gasteiger charge is -2.38. The molecule has 4 heteroatoms. The molecule has 0 atom stereocenters. The van der Waals surface area contributed by atoms with Crippen molar-refractivity contribution in [3.63, 3.8) is 0 Å². The van der Waals surface area contributed by atoms with Crippen LogP contribution in [-0.4, -0.2) is 23.8 Å². The Balaban J connectivity index is 1.93. The summed E-state index contributed by atoms with van der Waals surface area (Å²) >= 11 is 0. The smallest absolute Gasteiger partial charge is 0.415 e. The van der Waals surface area contributed by atoms with Crippen molar-refractivity contribution in [2.24, 2.45) is 0 Å². The Morgan fingerprint density at radius 3 is 2.68 bits per heavy atom. The highest BCUT2D eigenvalue weighted by Crippen LogP contribution is 2.43. The first-order chi connectivity index (χ1) is 8.94. The first-order valence-corrected chi connectivity index (χ1v) is 6.72. The van der Waals surface area contributed by atoms with Crippen molar-refractivity contribution in [3.05, 3.63) is 24.3 Å². The van der Waals surface area contributed by atoms with Crippen molar-refractivity contribution in [3.8, 4) is 5.75 Å². The third-order valence-electron chi connectivity index (χ3n) is 3.44. The number of benzene rings is 1. The number of ether oxygens (including phenoxy) is 2. The third kappa shape index (κ3) is 2.27. The van der Waals surface area contributed by atoms with E-state index in [1.165, 1.54) is 0 Å². The molecule has 2 bridgehead atoms. The largest absolute Gasteiger partial charge is 0.488 e. The van der Waals surface area contributed by atoms with Crippen molar-refractivity contribution < 1.29 is 14.3 Å². The Hall–Kier alpha value is -1.71. The molecule has 1 aromatic rings. The predicted octanol–water partition coefficient (Wildman–Crippen LogP) is 3.35. The standard InChI is InChI=1S/C15H19NO3/c1-15(2,3)19-14(17)16-10-8-11(9-10)18-13-7-5-4-6-12(13)16/h4-7,10-11H,8-9H2,1-3H3. The van der Waals surface area contributed by atoms with Crippen molar-refractivity contribution in [1.82, 2.24) is 0 Å². The van der Waals surface area contributed by atoms with Crippen LogP contribution >= 0.6 is 0 Å². The fourth-order valence-electron chi connectivity index (χ4n) is 2.54. The molecule has 0 aromatic heterocycles. The van der Waals surface area contributed by atoms with Crippen LogP contribution in [0.15, 0.2) is 24.3 Å². The van der Waals surface area contributed by atoms with Gasteiger partial charge in [-0.05, 0) is 32.9 Å². The Bertz CT molecular complexity index is 500. The molecule has 1 fully saturated rings. The van der Waals surface area contributed by atoms with Gasteiger partial charge in [0, 0.05) is 18.9 Å². The Morgan fingerprint density at radius 1 is 1.32 bits per heavy atom. The van der Waals surface area contributed by atoms with E-state index in [1.54, 1.807) is 4.90 Å². The van der Waals surface area contributed by atoms with Crippen LogP contribution in [0.1, 0.15) is 33.6 Å². The van der Waals surface area contributed by atoms with Gasteiger partial charge in [-0.15, -0.1) is 0 Å². The Labute approximate surface area is 113 Å². The van der Waals surface area contributed by atoms with Crippen molar-refractivity contribution >= 4 is 11.8 Å². The number of para-hydroxylation sites is 2. The summed E-state index contributed by atoms with van der Waals surface area (Å²) in [4.78, 5) is 14.2. The monoisotopic (exact) mass is 261 g/mol. The van der Waals surface area contributed by atoms with Crippen LogP contribution in [0, 0.1) is 0 Å². The average molecular weight is 261 g/mol. The van der Waals surface area contributed by atoms with Gasteiger partial charge < -0.3 is 9.47 Å². The molecule has 1 aliphatic carbocycles. The van der Waals surface area contributed by atoms with Gasteiger partial charge >= 0.3 is 6.09 Å². The van der Waals surface area contributed by atoms with Crippen LogP contribution in [0.3, 0.4) is 0 Å². The number of carbonyl (C=O) groups excluding carboxylic acids is 1. The molecule has 0 unspecified atom stereocenters. The SMILES string of the molecule is CC(C)(C)OC(=O)N1c2ccccc2OC2CC1C2. The zero-order valence-electron chi connectivity index (χ0n) is 11.6. The maximum atomic E-state index is 12.4. The topological polar surface area (TPSA) is 38.8 Å². The highest BCUT2D eigenvalue weighted by molar-refractivity contribution is 5.91. The van der Waals surface area contributed by atoms with E-state index in [1.807, 2.05) is 45.0 Å². The molecule has 2 aliphatic heterocycles. The van der Waals surface area contributed by atoms with E-state index in [9.17, 15) is 4.79 Å². The average Bonchev–Trinajstić information content (AvgIpc) is 2.50. The molecule has 1 saturated carbocycles. The van der Waals surface area contributed by atoms with Gasteiger partial charge in [-0.3, -0.25) is 4.90 Å². The van der Waals surface area contributed by atoms with Gasteiger partial charge in [-0.25, -0.2) is 4.79 Å². The number of hydrogen-bond acceptors (Lipinski definition) is 3. The molecule has 3 aliphatic rings. The molecule has 4 rings (SSSR count). The second kappa shape index (κ2) is 4.15. The van der Waals surface area contributed by atoms with Crippen LogP contribution < -0.4 is 9.64 Å². The van der Waals surface area contributed by atoms with Gasteiger partial charge in [0.05, 0.1) is 5.69 Å². The summed E-state index contributed by atoms with van der Waals surface area (Å²) in [6, 6.07) is 7.87. The summed E-state index contributed by atoms with van der Waals surface area (Å²) < 4.78 is 11.4. The number of anilines is 1. The number of carbonyl (C=O) groups is 1. The predicted molar refractivity (Wildman–Crippen MR) is 72.6 cm³/mol. The molecule has 2 heterocycles. The molecule has 19 heavy (non-hydrogen) atoms. The summed E-state index contributed by atoms with van der Waals surface area (Å²) in [5, 5.41) is 0. The number of amides is 1. The highest BCUT2D eigenvalue weighted by atomic mass is 16.6. The Morgan fingerprint density at radius 2 is 2.00 bits per heavy atom. The van der Waals surface area contributed by atoms with E-state index in [0.29, 0.717) is 0 Å². The summed E-state index contributed by atoms with van der Waals surface area (Å²) in [5.74, 6) is 0.776. The minimum atomic E-state index is -0.484. The van der Waals surface area contributed by atoms with Crippen LogP contribution in [-0.2, 0) is 4.74 Å². The van der Waals surface area contributed by atoms with Crippen molar-refractivity contribution in [2.45, 2.75) is 51.4 Å². The molecule has 0 spiro atoms. The van der Waals surface area contributed by atoms with Gasteiger partial charge in [0.15, 0.2) is 0 Å². The van der Waals surface area contributed by atoms with E-state index in [-0.39, 0.29) is 18.2 Å². The zero-order valence-corrected chi connectivity index (χ0v) is 11.6. The molecule has 0 N–H and O–H groups in total. The fraction of sp³-hybridized carbons (Fsp3) is 0.533. The number of hydrogen-bond donors (Lipinski definition) is 0. The zero-order chi connectivity index (χ0) is 13.6. The number of rotatable bonds is 0. The second-order valence-corrected chi connectivity index (χ2v) is 6.18. The first kappa shape index (κ1) is 12.3. The van der Waals surface area contributed by atoms with E-state index >= 15 is 0 Å². The molecule has 1 amide bonds. The lowest BCUT2D eigenvalue weighted by Crippen LogP contribution is -2.50. The molecular weight excluding hydrogens is 242 g/mol. The normalized spacial score (nSPS) is 24.7. The molecule has 1 aromatic carbocycles. The molecule has 0 radical (unpaired) electrons. The van der Waals surface area contributed by atoms with Crippen LogP contribution in [0.5, 0.6) is 5.75 Å². The van der Waals surface area contributed by atoms with Crippen LogP contribution in [0.25, 0.3) is 0 Å². The lowest BCUT2D eigenvalue weighted by atomic mass is 9.88. The summed E-state index contributed by atoms with van der Waals surface area (Å²) in [7, 11) is 0. The van der Waals surface area contributed by atoms with Crippen LogP contribution in [0.4, 0.5) is 10.5 Å². The molecular formula is C15H19NO3. The van der Waals surface area contributed by atoms with Crippen LogP contribution in [0.2, 0.25) is 0 Å². The third-order valence-corrected chi connectivity index (χ3v) is 3.44. The summed E-state index contributed by atoms with van der Waals surface area (Å²) in [6.07, 6.45) is 1.72. The van der Waals surface area contributed by atoms with Crippen molar-refractivity contribution in [1.29, 1.82) is 0 Å². The lowest BCUT2D eigenvalue weighted by molar-refractivity contribution is 0.0505. The van der Waals surface area contributed by atoms with E-state index in [4.69, 9.17) is 9.47 Å². The van der Waals surface area contributed by atoms with Gasteiger partial charge in [-0.2, -0.15) is 0 Å². The summed E-state index contributed by atoms with van der Waals surface area (Å²) in [5.41, 5.74) is 0.337. The number of nitrogens with zero attached hydrogens (tertiary/aromatic N) is 1. The van der Waals surface area contributed by atoms with E-state index < -0.39 is 5.60 Å².